The highest BCUT2D eigenvalue weighted by molar-refractivity contribution is 7.84. The third kappa shape index (κ3) is 4.11. The zero-order valence-corrected chi connectivity index (χ0v) is 9.93. The Morgan fingerprint density at radius 2 is 2.07 bits per heavy atom. The summed E-state index contributed by atoms with van der Waals surface area (Å²) in [6.45, 7) is 2.54. The van der Waals surface area contributed by atoms with Crippen LogP contribution in [0.3, 0.4) is 0 Å². The lowest BCUT2D eigenvalue weighted by molar-refractivity contribution is -0.411. The number of hydrogen-bond donors (Lipinski definition) is 2. The second-order valence-corrected chi connectivity index (χ2v) is 4.51. The van der Waals surface area contributed by atoms with Crippen LogP contribution in [0.4, 0.5) is 0 Å². The maximum atomic E-state index is 10.4. The Balaban J connectivity index is 2.35. The van der Waals surface area contributed by atoms with Crippen molar-refractivity contribution in [1.29, 1.82) is 0 Å². The zero-order chi connectivity index (χ0) is 11.3. The molecule has 0 spiro atoms. The van der Waals surface area contributed by atoms with Crippen LogP contribution in [0.5, 0.6) is 0 Å². The highest BCUT2D eigenvalue weighted by Gasteiger charge is 2.15. The quantitative estimate of drug-likeness (QED) is 0.443. The molecule has 5 heteroatoms. The van der Waals surface area contributed by atoms with Gasteiger partial charge in [-0.1, -0.05) is 31.9 Å². The smallest absolute Gasteiger partial charge is 0.318 e. The van der Waals surface area contributed by atoms with Gasteiger partial charge in [0.25, 0.3) is 0 Å². The van der Waals surface area contributed by atoms with Crippen molar-refractivity contribution in [2.24, 2.45) is 5.92 Å². The Morgan fingerprint density at radius 3 is 2.60 bits per heavy atom. The first kappa shape index (κ1) is 12.4. The van der Waals surface area contributed by atoms with E-state index in [-0.39, 0.29) is 5.03 Å². The molecule has 0 amide bonds. The molecule has 0 heterocycles. The van der Waals surface area contributed by atoms with Gasteiger partial charge in [-0.05, 0) is 25.7 Å². The molecule has 0 aromatic carbocycles. The summed E-state index contributed by atoms with van der Waals surface area (Å²) in [7, 11) is 0. The van der Waals surface area contributed by atoms with E-state index in [1.54, 1.807) is 6.92 Å². The molecule has 0 aromatic heterocycles. The molecular weight excluding hydrogens is 212 g/mol. The Morgan fingerprint density at radius 1 is 1.47 bits per heavy atom. The van der Waals surface area contributed by atoms with Gasteiger partial charge in [0.15, 0.2) is 0 Å². The first-order valence-electron chi connectivity index (χ1n) is 5.39. The Hall–Kier alpha value is -0.710. The molecule has 0 unspecified atom stereocenters. The number of thiol groups is 1. The van der Waals surface area contributed by atoms with Crippen molar-refractivity contribution in [2.75, 3.05) is 6.54 Å². The van der Waals surface area contributed by atoms with Crippen LogP contribution in [0.15, 0.2) is 10.7 Å². The number of rotatable bonds is 4. The first-order chi connectivity index (χ1) is 7.11. The van der Waals surface area contributed by atoms with Crippen LogP contribution in [0.2, 0.25) is 0 Å². The zero-order valence-electron chi connectivity index (χ0n) is 9.03. The molecular formula is C10H18N2O2S. The number of nitrogens with zero attached hydrogens (tertiary/aromatic N) is 1. The molecule has 1 aliphatic carbocycles. The highest BCUT2D eigenvalue weighted by Crippen LogP contribution is 2.23. The van der Waals surface area contributed by atoms with Crippen molar-refractivity contribution in [3.05, 3.63) is 20.8 Å². The average molecular weight is 230 g/mol. The molecule has 0 radical (unpaired) electrons. The van der Waals surface area contributed by atoms with Gasteiger partial charge in [0.2, 0.25) is 0 Å². The minimum Gasteiger partial charge on any atom is -0.382 e. The van der Waals surface area contributed by atoms with Crippen LogP contribution >= 0.6 is 12.6 Å². The number of nitrogens with one attached hydrogen (secondary N) is 1. The molecule has 4 nitrogen and oxygen atoms in total. The van der Waals surface area contributed by atoms with E-state index in [4.69, 9.17) is 0 Å². The normalized spacial score (nSPS) is 19.6. The minimum absolute atomic E-state index is 0.0780. The Labute approximate surface area is 95.7 Å². The fourth-order valence-corrected chi connectivity index (χ4v) is 1.98. The Bertz CT molecular complexity index is 260. The standard InChI is InChI=1S/C10H18N2O2S/c1-8(10(15)12(13)14)11-7-9-5-3-2-4-6-9/h9,11,15H,2-7H2,1H3/b10-8+. The summed E-state index contributed by atoms with van der Waals surface area (Å²) in [5.74, 6) is 0.668. The minimum atomic E-state index is -0.466. The van der Waals surface area contributed by atoms with E-state index in [0.29, 0.717) is 11.6 Å². The maximum absolute atomic E-state index is 10.4. The topological polar surface area (TPSA) is 55.2 Å². The van der Waals surface area contributed by atoms with Crippen LogP contribution in [-0.2, 0) is 0 Å². The largest absolute Gasteiger partial charge is 0.382 e. The summed E-state index contributed by atoms with van der Waals surface area (Å²) < 4.78 is 0. The molecule has 15 heavy (non-hydrogen) atoms. The average Bonchev–Trinajstić information content (AvgIpc) is 2.26. The predicted molar refractivity (Wildman–Crippen MR) is 63.3 cm³/mol. The lowest BCUT2D eigenvalue weighted by atomic mass is 9.89. The monoisotopic (exact) mass is 230 g/mol. The van der Waals surface area contributed by atoms with Crippen LogP contribution in [0.25, 0.3) is 0 Å². The SMILES string of the molecule is C/C(NCC1CCCCC1)=C(\S)[N+](=O)[O-]. The van der Waals surface area contributed by atoms with Crippen molar-refractivity contribution in [2.45, 2.75) is 39.0 Å². The van der Waals surface area contributed by atoms with Gasteiger partial charge in [-0.3, -0.25) is 10.1 Å². The number of hydrogen-bond acceptors (Lipinski definition) is 4. The van der Waals surface area contributed by atoms with Crippen LogP contribution in [0.1, 0.15) is 39.0 Å². The second kappa shape index (κ2) is 6.00. The molecule has 1 fully saturated rings. The molecule has 1 aliphatic rings. The molecule has 86 valence electrons. The fraction of sp³-hybridized carbons (Fsp3) is 0.800. The summed E-state index contributed by atoms with van der Waals surface area (Å²) in [6, 6.07) is 0. The fourth-order valence-electron chi connectivity index (χ4n) is 1.90. The Kier molecular flexibility index (Phi) is 4.94. The van der Waals surface area contributed by atoms with E-state index in [0.717, 1.165) is 6.54 Å². The molecule has 0 saturated heterocycles. The van der Waals surface area contributed by atoms with Crippen molar-refractivity contribution in [3.63, 3.8) is 0 Å². The number of nitro groups is 1. The van der Waals surface area contributed by atoms with Gasteiger partial charge in [-0.25, -0.2) is 0 Å². The summed E-state index contributed by atoms with van der Waals surface area (Å²) >= 11 is 3.84. The molecule has 0 bridgehead atoms. The number of allylic oxidation sites excluding steroid dienone is 1. The third-order valence-corrected chi connectivity index (χ3v) is 3.39. The van der Waals surface area contributed by atoms with E-state index in [2.05, 4.69) is 17.9 Å². The maximum Gasteiger partial charge on any atom is 0.318 e. The van der Waals surface area contributed by atoms with Crippen LogP contribution in [-0.4, -0.2) is 11.5 Å². The van der Waals surface area contributed by atoms with E-state index in [9.17, 15) is 10.1 Å². The van der Waals surface area contributed by atoms with Crippen LogP contribution in [0, 0.1) is 16.0 Å². The van der Waals surface area contributed by atoms with Gasteiger partial charge in [0.1, 0.15) is 0 Å². The predicted octanol–water partition coefficient (Wildman–Crippen LogP) is 2.55. The molecule has 0 atom stereocenters. The van der Waals surface area contributed by atoms with Gasteiger partial charge >= 0.3 is 5.03 Å². The molecule has 1 N–H and O–H groups in total. The van der Waals surface area contributed by atoms with Crippen LogP contribution < -0.4 is 5.32 Å². The molecule has 0 aromatic rings. The van der Waals surface area contributed by atoms with Gasteiger partial charge < -0.3 is 5.32 Å². The van der Waals surface area contributed by atoms with Gasteiger partial charge in [-0.2, -0.15) is 0 Å². The van der Waals surface area contributed by atoms with Crippen molar-refractivity contribution in [1.82, 2.24) is 5.32 Å². The van der Waals surface area contributed by atoms with E-state index < -0.39 is 4.92 Å². The van der Waals surface area contributed by atoms with Crippen molar-refractivity contribution >= 4 is 12.6 Å². The summed E-state index contributed by atoms with van der Waals surface area (Å²) in [5, 5.41) is 13.4. The lowest BCUT2D eigenvalue weighted by Gasteiger charge is -2.22. The molecule has 0 aliphatic heterocycles. The van der Waals surface area contributed by atoms with Crippen molar-refractivity contribution in [3.8, 4) is 0 Å². The van der Waals surface area contributed by atoms with E-state index >= 15 is 0 Å². The second-order valence-electron chi connectivity index (χ2n) is 4.09. The summed E-state index contributed by atoms with van der Waals surface area (Å²) in [4.78, 5) is 9.96. The lowest BCUT2D eigenvalue weighted by Crippen LogP contribution is -2.24. The van der Waals surface area contributed by atoms with Crippen molar-refractivity contribution < 1.29 is 4.92 Å². The van der Waals surface area contributed by atoms with Gasteiger partial charge in [-0.15, -0.1) is 0 Å². The van der Waals surface area contributed by atoms with E-state index in [1.165, 1.54) is 32.1 Å². The van der Waals surface area contributed by atoms with Gasteiger partial charge in [0.05, 0.1) is 10.6 Å². The third-order valence-electron chi connectivity index (χ3n) is 2.89. The first-order valence-corrected chi connectivity index (χ1v) is 5.84. The molecule has 1 saturated carbocycles. The van der Waals surface area contributed by atoms with Gasteiger partial charge in [0, 0.05) is 6.54 Å². The summed E-state index contributed by atoms with van der Waals surface area (Å²) in [5.41, 5.74) is 0.564. The molecule has 1 rings (SSSR count). The highest BCUT2D eigenvalue weighted by atomic mass is 32.1. The van der Waals surface area contributed by atoms with E-state index in [1.807, 2.05) is 0 Å². The summed E-state index contributed by atoms with van der Waals surface area (Å²) in [6.07, 6.45) is 6.38.